The molecule has 2 saturated carbocycles. The van der Waals surface area contributed by atoms with Gasteiger partial charge in [0.15, 0.2) is 0 Å². The fourth-order valence-corrected chi connectivity index (χ4v) is 3.49. The molecule has 0 aromatic carbocycles. The lowest BCUT2D eigenvalue weighted by molar-refractivity contribution is 0.439. The molecule has 0 spiro atoms. The molecule has 1 aromatic heterocycles. The second-order valence-corrected chi connectivity index (χ2v) is 5.92. The SMILES string of the molecule is CNc1ncc(Br)c(NC2CC3CCC2C3)n1. The second-order valence-electron chi connectivity index (χ2n) is 5.07. The van der Waals surface area contributed by atoms with Crippen molar-refractivity contribution in [3.63, 3.8) is 0 Å². The van der Waals surface area contributed by atoms with Gasteiger partial charge in [0.25, 0.3) is 0 Å². The van der Waals surface area contributed by atoms with E-state index in [1.807, 2.05) is 7.05 Å². The zero-order valence-electron chi connectivity index (χ0n) is 9.91. The summed E-state index contributed by atoms with van der Waals surface area (Å²) in [7, 11) is 1.84. The van der Waals surface area contributed by atoms with Crippen molar-refractivity contribution < 1.29 is 0 Å². The molecule has 92 valence electrons. The Morgan fingerprint density at radius 3 is 2.88 bits per heavy atom. The Kier molecular flexibility index (Phi) is 2.94. The number of nitrogens with one attached hydrogen (secondary N) is 2. The zero-order valence-corrected chi connectivity index (χ0v) is 11.5. The molecule has 2 bridgehead atoms. The number of hydrogen-bond donors (Lipinski definition) is 2. The van der Waals surface area contributed by atoms with Crippen molar-refractivity contribution in [1.82, 2.24) is 9.97 Å². The molecule has 5 heteroatoms. The first-order valence-electron chi connectivity index (χ1n) is 6.23. The molecule has 1 heterocycles. The van der Waals surface area contributed by atoms with Crippen LogP contribution in [-0.2, 0) is 0 Å². The summed E-state index contributed by atoms with van der Waals surface area (Å²) >= 11 is 3.50. The van der Waals surface area contributed by atoms with Crippen LogP contribution in [0.25, 0.3) is 0 Å². The van der Waals surface area contributed by atoms with Crippen molar-refractivity contribution in [2.24, 2.45) is 11.8 Å². The third kappa shape index (κ3) is 2.12. The molecule has 4 nitrogen and oxygen atoms in total. The summed E-state index contributed by atoms with van der Waals surface area (Å²) in [4.78, 5) is 8.63. The van der Waals surface area contributed by atoms with Gasteiger partial charge in [0.2, 0.25) is 5.95 Å². The second kappa shape index (κ2) is 4.44. The molecule has 1 aromatic rings. The van der Waals surface area contributed by atoms with E-state index < -0.39 is 0 Å². The Balaban J connectivity index is 1.76. The van der Waals surface area contributed by atoms with Gasteiger partial charge in [-0.25, -0.2) is 4.98 Å². The van der Waals surface area contributed by atoms with Crippen molar-refractivity contribution in [1.29, 1.82) is 0 Å². The van der Waals surface area contributed by atoms with Crippen molar-refractivity contribution in [3.8, 4) is 0 Å². The number of anilines is 2. The molecule has 2 aliphatic rings. The van der Waals surface area contributed by atoms with Crippen LogP contribution in [0.5, 0.6) is 0 Å². The lowest BCUT2D eigenvalue weighted by Crippen LogP contribution is -2.26. The van der Waals surface area contributed by atoms with Crippen LogP contribution in [0.15, 0.2) is 10.7 Å². The molecule has 0 saturated heterocycles. The van der Waals surface area contributed by atoms with Crippen LogP contribution >= 0.6 is 15.9 Å². The highest BCUT2D eigenvalue weighted by molar-refractivity contribution is 9.10. The van der Waals surface area contributed by atoms with Crippen molar-refractivity contribution in [3.05, 3.63) is 10.7 Å². The van der Waals surface area contributed by atoms with Gasteiger partial charge in [-0.2, -0.15) is 4.98 Å². The van der Waals surface area contributed by atoms with Crippen molar-refractivity contribution in [2.75, 3.05) is 17.7 Å². The molecule has 2 N–H and O–H groups in total. The lowest BCUT2D eigenvalue weighted by Gasteiger charge is -2.24. The van der Waals surface area contributed by atoms with Gasteiger partial charge in [0.05, 0.1) is 4.47 Å². The molecular weight excluding hydrogens is 280 g/mol. The minimum atomic E-state index is 0.602. The molecule has 0 radical (unpaired) electrons. The maximum absolute atomic E-state index is 4.46. The van der Waals surface area contributed by atoms with Crippen LogP contribution < -0.4 is 10.6 Å². The van der Waals surface area contributed by atoms with Crippen LogP contribution in [0.3, 0.4) is 0 Å². The van der Waals surface area contributed by atoms with E-state index >= 15 is 0 Å². The van der Waals surface area contributed by atoms with E-state index in [-0.39, 0.29) is 0 Å². The maximum Gasteiger partial charge on any atom is 0.224 e. The van der Waals surface area contributed by atoms with Gasteiger partial charge in [0.1, 0.15) is 5.82 Å². The van der Waals surface area contributed by atoms with Crippen molar-refractivity contribution >= 4 is 27.7 Å². The first-order chi connectivity index (χ1) is 8.26. The van der Waals surface area contributed by atoms with E-state index in [2.05, 4.69) is 36.5 Å². The van der Waals surface area contributed by atoms with E-state index in [0.717, 1.165) is 22.1 Å². The molecule has 3 rings (SSSR count). The summed E-state index contributed by atoms with van der Waals surface area (Å²) in [6.07, 6.45) is 7.31. The van der Waals surface area contributed by atoms with Crippen LogP contribution in [0.1, 0.15) is 25.7 Å². The fraction of sp³-hybridized carbons (Fsp3) is 0.667. The van der Waals surface area contributed by atoms with E-state index in [1.54, 1.807) is 6.20 Å². The van der Waals surface area contributed by atoms with E-state index in [1.165, 1.54) is 25.7 Å². The minimum absolute atomic E-state index is 0.602. The average molecular weight is 297 g/mol. The summed E-state index contributed by atoms with van der Waals surface area (Å²) in [5, 5.41) is 6.55. The number of aromatic nitrogens is 2. The lowest BCUT2D eigenvalue weighted by atomic mass is 9.95. The van der Waals surface area contributed by atoms with Crippen LogP contribution in [0.4, 0.5) is 11.8 Å². The first kappa shape index (κ1) is 11.3. The third-order valence-corrected chi connectivity index (χ3v) is 4.61. The van der Waals surface area contributed by atoms with Gasteiger partial charge in [-0.05, 0) is 47.0 Å². The normalized spacial score (nSPS) is 30.6. The number of nitrogens with zero attached hydrogens (tertiary/aromatic N) is 2. The van der Waals surface area contributed by atoms with Crippen LogP contribution in [0, 0.1) is 11.8 Å². The number of rotatable bonds is 3. The smallest absolute Gasteiger partial charge is 0.224 e. The van der Waals surface area contributed by atoms with E-state index in [0.29, 0.717) is 12.0 Å². The van der Waals surface area contributed by atoms with Crippen molar-refractivity contribution in [2.45, 2.75) is 31.7 Å². The summed E-state index contributed by atoms with van der Waals surface area (Å²) in [5.74, 6) is 3.38. The van der Waals surface area contributed by atoms with Gasteiger partial charge >= 0.3 is 0 Å². The van der Waals surface area contributed by atoms with E-state index in [9.17, 15) is 0 Å². The monoisotopic (exact) mass is 296 g/mol. The average Bonchev–Trinajstić information content (AvgIpc) is 2.94. The number of halogens is 1. The summed E-state index contributed by atoms with van der Waals surface area (Å²) in [5.41, 5.74) is 0. The molecule has 3 unspecified atom stereocenters. The molecule has 0 aliphatic heterocycles. The Hall–Kier alpha value is -0.840. The number of hydrogen-bond acceptors (Lipinski definition) is 4. The molecule has 17 heavy (non-hydrogen) atoms. The molecule has 2 fully saturated rings. The summed E-state index contributed by atoms with van der Waals surface area (Å²) in [6, 6.07) is 0.602. The molecule has 0 amide bonds. The molecule has 2 aliphatic carbocycles. The third-order valence-electron chi connectivity index (χ3n) is 4.03. The highest BCUT2D eigenvalue weighted by Gasteiger charge is 2.39. The predicted octanol–water partition coefficient (Wildman–Crippen LogP) is 2.88. The summed E-state index contributed by atoms with van der Waals surface area (Å²) in [6.45, 7) is 0. The van der Waals surface area contributed by atoms with Gasteiger partial charge in [-0.15, -0.1) is 0 Å². The minimum Gasteiger partial charge on any atom is -0.366 e. The Labute approximate surface area is 110 Å². The first-order valence-corrected chi connectivity index (χ1v) is 7.02. The fourth-order valence-electron chi connectivity index (χ4n) is 3.19. The molecule has 3 atom stereocenters. The Morgan fingerprint density at radius 2 is 2.24 bits per heavy atom. The zero-order chi connectivity index (χ0) is 11.8. The van der Waals surface area contributed by atoms with Gasteiger partial charge in [-0.1, -0.05) is 6.42 Å². The molecular formula is C12H17BrN4. The highest BCUT2D eigenvalue weighted by atomic mass is 79.9. The number of fused-ring (bicyclic) bond motifs is 2. The van der Waals surface area contributed by atoms with Gasteiger partial charge in [-0.3, -0.25) is 0 Å². The summed E-state index contributed by atoms with van der Waals surface area (Å²) < 4.78 is 0.944. The van der Waals surface area contributed by atoms with Crippen LogP contribution in [0.2, 0.25) is 0 Å². The standard InChI is InChI=1S/C12H17BrN4/c1-14-12-15-6-9(13)11(17-12)16-10-5-7-2-3-8(10)4-7/h6-8,10H,2-5H2,1H3,(H2,14,15,16,17). The maximum atomic E-state index is 4.46. The van der Waals surface area contributed by atoms with Crippen LogP contribution in [-0.4, -0.2) is 23.1 Å². The predicted molar refractivity (Wildman–Crippen MR) is 72.1 cm³/mol. The van der Waals surface area contributed by atoms with Gasteiger partial charge < -0.3 is 10.6 Å². The quantitative estimate of drug-likeness (QED) is 0.900. The highest BCUT2D eigenvalue weighted by Crippen LogP contribution is 2.45. The van der Waals surface area contributed by atoms with E-state index in [4.69, 9.17) is 0 Å². The topological polar surface area (TPSA) is 49.8 Å². The Morgan fingerprint density at radius 1 is 1.35 bits per heavy atom. The Bertz CT molecular complexity index is 423. The largest absolute Gasteiger partial charge is 0.366 e. The van der Waals surface area contributed by atoms with Gasteiger partial charge in [0, 0.05) is 19.3 Å².